The first-order chi connectivity index (χ1) is 13.7. The number of carbonyl (C=O) groups excluding carboxylic acids is 4. The minimum Gasteiger partial charge on any atom is -0.480 e. The Labute approximate surface area is 188 Å². The number of ether oxygens (including phenoxy) is 3. The van der Waals surface area contributed by atoms with Crippen LogP contribution in [0.15, 0.2) is 26.0 Å². The highest BCUT2D eigenvalue weighted by atomic mass is 79.9. The minimum absolute atomic E-state index is 0.154. The number of amides is 2. The summed E-state index contributed by atoms with van der Waals surface area (Å²) >= 11 is 7.44. The molecule has 2 rings (SSSR count). The number of rotatable bonds is 7. The third-order valence-electron chi connectivity index (χ3n) is 3.72. The van der Waals surface area contributed by atoms with Crippen LogP contribution in [0.2, 0.25) is 0 Å². The average Bonchev–Trinajstić information content (AvgIpc) is 2.93. The topological polar surface area (TPSA) is 99.2 Å². The molecule has 0 aliphatic carbocycles. The van der Waals surface area contributed by atoms with Gasteiger partial charge in [-0.3, -0.25) is 14.5 Å². The van der Waals surface area contributed by atoms with E-state index in [0.717, 1.165) is 16.7 Å². The quantitative estimate of drug-likeness (QED) is 0.374. The molecule has 0 aromatic heterocycles. The summed E-state index contributed by atoms with van der Waals surface area (Å²) in [6.07, 6.45) is 1.53. The van der Waals surface area contributed by atoms with Gasteiger partial charge in [-0.15, -0.1) is 0 Å². The summed E-state index contributed by atoms with van der Waals surface area (Å²) < 4.78 is 15.9. The Hall–Kier alpha value is -1.85. The number of hydrogen-bond donors (Lipinski definition) is 0. The fourth-order valence-corrected chi connectivity index (χ4v) is 4.68. The smallest absolute Gasteiger partial charge is 0.343 e. The lowest BCUT2D eigenvalue weighted by Gasteiger charge is -2.19. The molecule has 0 unspecified atom stereocenters. The van der Waals surface area contributed by atoms with Gasteiger partial charge in [0, 0.05) is 0 Å². The Morgan fingerprint density at radius 3 is 2.41 bits per heavy atom. The second-order valence-corrected chi connectivity index (χ2v) is 8.36. The Balaban J connectivity index is 2.24. The lowest BCUT2D eigenvalue weighted by Crippen LogP contribution is -2.42. The van der Waals surface area contributed by atoms with Crippen molar-refractivity contribution in [3.63, 3.8) is 0 Å². The second kappa shape index (κ2) is 10.3. The minimum atomic E-state index is -1.01. The van der Waals surface area contributed by atoms with E-state index in [2.05, 4.69) is 36.6 Å². The fourth-order valence-electron chi connectivity index (χ4n) is 2.32. The van der Waals surface area contributed by atoms with E-state index in [1.165, 1.54) is 20.1 Å². The van der Waals surface area contributed by atoms with Gasteiger partial charge in [0.15, 0.2) is 6.61 Å². The summed E-state index contributed by atoms with van der Waals surface area (Å²) in [7, 11) is 1.26. The van der Waals surface area contributed by atoms with E-state index in [4.69, 9.17) is 9.47 Å². The van der Waals surface area contributed by atoms with Crippen molar-refractivity contribution < 1.29 is 33.4 Å². The Bertz CT molecular complexity index is 864. The second-order valence-electron chi connectivity index (χ2n) is 5.66. The van der Waals surface area contributed by atoms with Crippen LogP contribution in [0.5, 0.6) is 5.75 Å². The van der Waals surface area contributed by atoms with E-state index < -0.39 is 29.1 Å². The van der Waals surface area contributed by atoms with Crippen LogP contribution < -0.4 is 4.74 Å². The summed E-state index contributed by atoms with van der Waals surface area (Å²) in [6.45, 7) is 2.98. The van der Waals surface area contributed by atoms with E-state index >= 15 is 0 Å². The van der Waals surface area contributed by atoms with Crippen molar-refractivity contribution in [3.05, 3.63) is 31.5 Å². The lowest BCUT2D eigenvalue weighted by atomic mass is 10.2. The Morgan fingerprint density at radius 2 is 1.86 bits per heavy atom. The van der Waals surface area contributed by atoms with Crippen molar-refractivity contribution in [2.45, 2.75) is 19.9 Å². The number of halogens is 2. The van der Waals surface area contributed by atoms with Crippen LogP contribution in [0.3, 0.4) is 0 Å². The molecule has 1 fully saturated rings. The van der Waals surface area contributed by atoms with Crippen LogP contribution in [0, 0.1) is 0 Å². The number of nitrogens with zero attached hydrogens (tertiary/aromatic N) is 1. The predicted octanol–water partition coefficient (Wildman–Crippen LogP) is 3.75. The van der Waals surface area contributed by atoms with Gasteiger partial charge >= 0.3 is 11.9 Å². The van der Waals surface area contributed by atoms with E-state index in [1.807, 2.05) is 0 Å². The monoisotopic (exact) mass is 549 g/mol. The highest BCUT2D eigenvalue weighted by molar-refractivity contribution is 9.11. The van der Waals surface area contributed by atoms with Gasteiger partial charge in [0.2, 0.25) is 0 Å². The molecule has 29 heavy (non-hydrogen) atoms. The first-order valence-electron chi connectivity index (χ1n) is 8.31. The van der Waals surface area contributed by atoms with Crippen molar-refractivity contribution in [2.75, 3.05) is 20.3 Å². The molecule has 1 aromatic carbocycles. The molecule has 156 valence electrons. The van der Waals surface area contributed by atoms with E-state index in [9.17, 15) is 19.2 Å². The summed E-state index contributed by atoms with van der Waals surface area (Å²) in [6, 6.07) is 2.32. The zero-order valence-corrected chi connectivity index (χ0v) is 19.7. The third kappa shape index (κ3) is 5.61. The number of thioether (sulfide) groups is 1. The van der Waals surface area contributed by atoms with Crippen molar-refractivity contribution in [1.29, 1.82) is 0 Å². The normalized spacial score (nSPS) is 16.2. The van der Waals surface area contributed by atoms with Gasteiger partial charge in [-0.1, -0.05) is 0 Å². The lowest BCUT2D eigenvalue weighted by molar-refractivity contribution is -0.150. The predicted molar refractivity (Wildman–Crippen MR) is 113 cm³/mol. The van der Waals surface area contributed by atoms with Crippen LogP contribution >= 0.6 is 43.6 Å². The van der Waals surface area contributed by atoms with Crippen molar-refractivity contribution >= 4 is 72.8 Å². The molecule has 1 aliphatic rings. The maximum atomic E-state index is 12.6. The van der Waals surface area contributed by atoms with Gasteiger partial charge in [0.1, 0.15) is 11.8 Å². The van der Waals surface area contributed by atoms with Crippen molar-refractivity contribution in [3.8, 4) is 5.75 Å². The zero-order valence-electron chi connectivity index (χ0n) is 15.7. The van der Waals surface area contributed by atoms with Crippen LogP contribution in [-0.4, -0.2) is 54.4 Å². The molecule has 1 saturated heterocycles. The highest BCUT2D eigenvalue weighted by Gasteiger charge is 2.41. The molecule has 0 saturated carbocycles. The van der Waals surface area contributed by atoms with Crippen molar-refractivity contribution in [2.24, 2.45) is 0 Å². The van der Waals surface area contributed by atoms with Gasteiger partial charge < -0.3 is 14.2 Å². The first-order valence-corrected chi connectivity index (χ1v) is 10.7. The summed E-state index contributed by atoms with van der Waals surface area (Å²) in [4.78, 5) is 49.1. The molecule has 0 N–H and O–H groups in total. The number of imide groups is 1. The SMILES string of the molecule is CCOC(=O)[C@H](C)N1C(=O)S/C(=C/c2cc(Br)c(OCC(=O)OC)c(Br)c2)C1=O. The molecular weight excluding hydrogens is 534 g/mol. The summed E-state index contributed by atoms with van der Waals surface area (Å²) in [5.41, 5.74) is 0.600. The Morgan fingerprint density at radius 1 is 1.24 bits per heavy atom. The fraction of sp³-hybridized carbons (Fsp3) is 0.333. The number of carbonyl (C=O) groups is 4. The largest absolute Gasteiger partial charge is 0.480 e. The molecule has 2 amide bonds. The molecule has 8 nitrogen and oxygen atoms in total. The molecule has 11 heteroatoms. The Kier molecular flexibility index (Phi) is 8.29. The van der Waals surface area contributed by atoms with E-state index in [1.54, 1.807) is 19.1 Å². The van der Waals surface area contributed by atoms with Crippen LogP contribution in [0.1, 0.15) is 19.4 Å². The van der Waals surface area contributed by atoms with E-state index in [-0.39, 0.29) is 18.1 Å². The molecular formula is C18H17Br2NO7S. The number of methoxy groups -OCH3 is 1. The molecule has 1 aliphatic heterocycles. The van der Waals surface area contributed by atoms with Gasteiger partial charge in [-0.05, 0) is 81.2 Å². The van der Waals surface area contributed by atoms with Crippen LogP contribution in [0.25, 0.3) is 6.08 Å². The third-order valence-corrected chi connectivity index (χ3v) is 5.78. The standard InChI is InChI=1S/C18H17Br2NO7S/c1-4-27-17(24)9(2)21-16(23)13(29-18(21)25)7-10-5-11(19)15(12(20)6-10)28-8-14(22)26-3/h5-7,9H,4,8H2,1-3H3/b13-7+/t9-/m0/s1. The van der Waals surface area contributed by atoms with Gasteiger partial charge in [-0.2, -0.15) is 0 Å². The first kappa shape index (κ1) is 23.4. The van der Waals surface area contributed by atoms with Gasteiger partial charge in [0.05, 0.1) is 27.6 Å². The molecule has 1 aromatic rings. The maximum Gasteiger partial charge on any atom is 0.343 e. The van der Waals surface area contributed by atoms with Gasteiger partial charge in [0.25, 0.3) is 11.1 Å². The van der Waals surface area contributed by atoms with Crippen LogP contribution in [0.4, 0.5) is 4.79 Å². The number of hydrogen-bond acceptors (Lipinski definition) is 8. The highest BCUT2D eigenvalue weighted by Crippen LogP contribution is 2.38. The average molecular weight is 551 g/mol. The molecule has 0 spiro atoms. The zero-order chi connectivity index (χ0) is 21.7. The molecule has 0 radical (unpaired) electrons. The summed E-state index contributed by atoms with van der Waals surface area (Å²) in [5, 5.41) is -0.544. The summed E-state index contributed by atoms with van der Waals surface area (Å²) in [5.74, 6) is -1.36. The van der Waals surface area contributed by atoms with Crippen LogP contribution in [-0.2, 0) is 23.9 Å². The maximum absolute atomic E-state index is 12.6. The number of benzene rings is 1. The molecule has 0 bridgehead atoms. The molecule has 1 atom stereocenters. The van der Waals surface area contributed by atoms with Gasteiger partial charge in [-0.25, -0.2) is 9.59 Å². The number of esters is 2. The van der Waals surface area contributed by atoms with E-state index in [0.29, 0.717) is 20.3 Å². The molecule has 1 heterocycles. The van der Waals surface area contributed by atoms with Crippen molar-refractivity contribution in [1.82, 2.24) is 4.90 Å².